The molecule has 0 radical (unpaired) electrons. The summed E-state index contributed by atoms with van der Waals surface area (Å²) in [5.41, 5.74) is 7.47. The highest BCUT2D eigenvalue weighted by Crippen LogP contribution is 2.26. The van der Waals surface area contributed by atoms with Gasteiger partial charge in [0.1, 0.15) is 12.4 Å². The molecular weight excluding hydrogens is 216 g/mol. The van der Waals surface area contributed by atoms with Crippen molar-refractivity contribution < 1.29 is 4.79 Å². The maximum Gasteiger partial charge on any atom is 0.237 e. The predicted molar refractivity (Wildman–Crippen MR) is 65.5 cm³/mol. The third-order valence-electron chi connectivity index (χ3n) is 2.97. The summed E-state index contributed by atoms with van der Waals surface area (Å²) in [5.74, 6) is 0.638. The molecule has 0 fully saturated rings. The van der Waals surface area contributed by atoms with Crippen LogP contribution in [0, 0.1) is 0 Å². The number of fused-ring (bicyclic) bond motifs is 1. The lowest BCUT2D eigenvalue weighted by Crippen LogP contribution is -2.29. The Morgan fingerprint density at radius 2 is 2.24 bits per heavy atom. The Kier molecular flexibility index (Phi) is 2.95. The van der Waals surface area contributed by atoms with Crippen LogP contribution in [0.25, 0.3) is 0 Å². The van der Waals surface area contributed by atoms with E-state index in [1.165, 1.54) is 0 Å². The van der Waals surface area contributed by atoms with Crippen molar-refractivity contribution in [1.29, 1.82) is 0 Å². The highest BCUT2D eigenvalue weighted by atomic mass is 16.1. The molecule has 1 aromatic heterocycles. The van der Waals surface area contributed by atoms with Crippen molar-refractivity contribution in [2.75, 3.05) is 6.54 Å². The Hall–Kier alpha value is -1.36. The van der Waals surface area contributed by atoms with Gasteiger partial charge in [0.25, 0.3) is 0 Å². The molecule has 2 rings (SSSR count). The van der Waals surface area contributed by atoms with Crippen LogP contribution in [0.2, 0.25) is 0 Å². The van der Waals surface area contributed by atoms with Crippen molar-refractivity contribution >= 4 is 5.91 Å². The van der Waals surface area contributed by atoms with Crippen molar-refractivity contribution in [3.05, 3.63) is 17.2 Å². The Labute approximate surface area is 101 Å². The fraction of sp³-hybridized carbons (Fsp3) is 0.667. The number of hydrogen-bond donors (Lipinski definition) is 2. The predicted octanol–water partition coefficient (Wildman–Crippen LogP) is 0.312. The van der Waals surface area contributed by atoms with Crippen LogP contribution in [0.3, 0.4) is 0 Å². The zero-order chi connectivity index (χ0) is 12.6. The Bertz CT molecular complexity index is 442. The molecule has 0 spiro atoms. The highest BCUT2D eigenvalue weighted by Gasteiger charge is 2.27. The summed E-state index contributed by atoms with van der Waals surface area (Å²) in [7, 11) is 0. The van der Waals surface area contributed by atoms with Gasteiger partial charge < -0.3 is 15.6 Å². The van der Waals surface area contributed by atoms with Crippen LogP contribution in [-0.2, 0) is 29.7 Å². The molecule has 0 aromatic carbocycles. The van der Waals surface area contributed by atoms with Gasteiger partial charge in [0.15, 0.2) is 0 Å². The topological polar surface area (TPSA) is 72.9 Å². The summed E-state index contributed by atoms with van der Waals surface area (Å²) in [6, 6.07) is 0. The molecule has 1 aliphatic rings. The first kappa shape index (κ1) is 12.1. The molecule has 0 unspecified atom stereocenters. The molecule has 17 heavy (non-hydrogen) atoms. The van der Waals surface area contributed by atoms with Crippen LogP contribution in [-0.4, -0.2) is 22.0 Å². The molecule has 0 saturated carbocycles. The van der Waals surface area contributed by atoms with E-state index in [0.29, 0.717) is 0 Å². The molecular formula is C12H20N4O. The van der Waals surface area contributed by atoms with E-state index in [4.69, 9.17) is 5.73 Å². The lowest BCUT2D eigenvalue weighted by atomic mass is 9.95. The molecule has 0 bridgehead atoms. The maximum absolute atomic E-state index is 11.2. The second-order valence-corrected chi connectivity index (χ2v) is 5.56. The van der Waals surface area contributed by atoms with E-state index in [9.17, 15) is 4.79 Å². The molecule has 5 nitrogen and oxygen atoms in total. The summed E-state index contributed by atoms with van der Waals surface area (Å²) in [6.07, 6.45) is 0.908. The number of hydrogen-bond acceptors (Lipinski definition) is 3. The van der Waals surface area contributed by atoms with Crippen LogP contribution in [0.15, 0.2) is 0 Å². The largest absolute Gasteiger partial charge is 0.368 e. The van der Waals surface area contributed by atoms with E-state index in [-0.39, 0.29) is 17.9 Å². The van der Waals surface area contributed by atoms with Gasteiger partial charge in [-0.2, -0.15) is 0 Å². The molecule has 3 N–H and O–H groups in total. The number of imidazole rings is 1. The number of aromatic nitrogens is 2. The van der Waals surface area contributed by atoms with Crippen LogP contribution in [0.4, 0.5) is 0 Å². The van der Waals surface area contributed by atoms with Crippen LogP contribution >= 0.6 is 0 Å². The molecule has 0 atom stereocenters. The number of nitrogens with two attached hydrogens (primary N) is 1. The van der Waals surface area contributed by atoms with Crippen molar-refractivity contribution in [1.82, 2.24) is 14.9 Å². The highest BCUT2D eigenvalue weighted by molar-refractivity contribution is 5.73. The smallest absolute Gasteiger partial charge is 0.237 e. The van der Waals surface area contributed by atoms with E-state index in [1.54, 1.807) is 0 Å². The molecule has 5 heteroatoms. The molecule has 2 heterocycles. The van der Waals surface area contributed by atoms with Gasteiger partial charge in [0.05, 0.1) is 5.69 Å². The van der Waals surface area contributed by atoms with Gasteiger partial charge in [-0.1, -0.05) is 20.8 Å². The summed E-state index contributed by atoms with van der Waals surface area (Å²) < 4.78 is 2.00. The average molecular weight is 236 g/mol. The quantitative estimate of drug-likeness (QED) is 0.776. The zero-order valence-corrected chi connectivity index (χ0v) is 10.7. The minimum absolute atomic E-state index is 0.0766. The van der Waals surface area contributed by atoms with Crippen molar-refractivity contribution in [2.45, 2.75) is 45.7 Å². The Balaban J connectivity index is 2.50. The van der Waals surface area contributed by atoms with Crippen LogP contribution in [0.5, 0.6) is 0 Å². The number of carbonyl (C=O) groups is 1. The third-order valence-corrected chi connectivity index (χ3v) is 2.97. The standard InChI is InChI=1S/C12H20N4O/c1-12(2,3)11-15-8-6-14-5-4-9(8)16(11)7-10(13)17/h14H,4-7H2,1-3H3,(H2,13,17). The van der Waals surface area contributed by atoms with Gasteiger partial charge in [-0.3, -0.25) is 4.79 Å². The average Bonchev–Trinajstić information content (AvgIpc) is 2.56. The monoisotopic (exact) mass is 236 g/mol. The molecule has 0 saturated heterocycles. The molecule has 1 aliphatic heterocycles. The van der Waals surface area contributed by atoms with E-state index >= 15 is 0 Å². The number of amides is 1. The number of carbonyl (C=O) groups excluding carboxylic acids is 1. The summed E-state index contributed by atoms with van der Waals surface area (Å²) >= 11 is 0. The zero-order valence-electron chi connectivity index (χ0n) is 10.7. The summed E-state index contributed by atoms with van der Waals surface area (Å²) in [5, 5.41) is 3.29. The van der Waals surface area contributed by atoms with Crippen molar-refractivity contribution in [3.8, 4) is 0 Å². The molecule has 94 valence electrons. The first-order valence-electron chi connectivity index (χ1n) is 5.97. The fourth-order valence-electron chi connectivity index (χ4n) is 2.27. The molecule has 1 amide bonds. The SMILES string of the molecule is CC(C)(C)c1nc2c(n1CC(N)=O)CCNC2. The third kappa shape index (κ3) is 2.34. The minimum atomic E-state index is -0.311. The van der Waals surface area contributed by atoms with Crippen LogP contribution < -0.4 is 11.1 Å². The Morgan fingerprint density at radius 3 is 2.82 bits per heavy atom. The van der Waals surface area contributed by atoms with E-state index in [2.05, 4.69) is 31.1 Å². The van der Waals surface area contributed by atoms with Crippen molar-refractivity contribution in [2.24, 2.45) is 5.73 Å². The Morgan fingerprint density at radius 1 is 1.53 bits per heavy atom. The minimum Gasteiger partial charge on any atom is -0.368 e. The second-order valence-electron chi connectivity index (χ2n) is 5.56. The van der Waals surface area contributed by atoms with E-state index in [1.807, 2.05) is 4.57 Å². The van der Waals surface area contributed by atoms with Gasteiger partial charge in [0, 0.05) is 30.6 Å². The lowest BCUT2D eigenvalue weighted by molar-refractivity contribution is -0.118. The first-order valence-corrected chi connectivity index (χ1v) is 5.97. The normalized spacial score (nSPS) is 15.7. The lowest BCUT2D eigenvalue weighted by Gasteiger charge is -2.20. The van der Waals surface area contributed by atoms with E-state index < -0.39 is 0 Å². The second kappa shape index (κ2) is 4.14. The van der Waals surface area contributed by atoms with Crippen molar-refractivity contribution in [3.63, 3.8) is 0 Å². The van der Waals surface area contributed by atoms with Gasteiger partial charge in [0.2, 0.25) is 5.91 Å². The van der Waals surface area contributed by atoms with Gasteiger partial charge >= 0.3 is 0 Å². The van der Waals surface area contributed by atoms with Gasteiger partial charge in [-0.25, -0.2) is 4.98 Å². The number of nitrogens with one attached hydrogen (secondary N) is 1. The summed E-state index contributed by atoms with van der Waals surface area (Å²) in [4.78, 5) is 15.9. The first-order chi connectivity index (χ1) is 7.89. The van der Waals surface area contributed by atoms with Gasteiger partial charge in [-0.15, -0.1) is 0 Å². The van der Waals surface area contributed by atoms with Crippen LogP contribution in [0.1, 0.15) is 38.0 Å². The van der Waals surface area contributed by atoms with E-state index in [0.717, 1.165) is 36.7 Å². The molecule has 0 aliphatic carbocycles. The fourth-order valence-corrected chi connectivity index (χ4v) is 2.27. The number of rotatable bonds is 2. The number of nitrogens with zero attached hydrogens (tertiary/aromatic N) is 2. The van der Waals surface area contributed by atoms with Gasteiger partial charge in [-0.05, 0) is 0 Å². The maximum atomic E-state index is 11.2. The number of primary amides is 1. The molecule has 1 aromatic rings. The summed E-state index contributed by atoms with van der Waals surface area (Å²) in [6.45, 7) is 8.25.